The molecule has 0 unspecified atom stereocenters. The Morgan fingerprint density at radius 3 is 2.03 bits per heavy atom. The molecule has 0 atom stereocenters. The fraction of sp³-hybridized carbons (Fsp3) is 0.609. The van der Waals surface area contributed by atoms with Crippen LogP contribution in [0, 0.1) is 5.92 Å². The van der Waals surface area contributed by atoms with E-state index in [2.05, 4.69) is 10.6 Å². The van der Waals surface area contributed by atoms with Crippen molar-refractivity contribution >= 4 is 17.9 Å². The second-order valence-corrected chi connectivity index (χ2v) is 8.81. The summed E-state index contributed by atoms with van der Waals surface area (Å²) in [6, 6.07) is 3.29. The Hall–Kier alpha value is -3.17. The third kappa shape index (κ3) is 7.73. The predicted molar refractivity (Wildman–Crippen MR) is 122 cm³/mol. The number of hydrogen-bond donors (Lipinski definition) is 2. The van der Waals surface area contributed by atoms with Crippen molar-refractivity contribution in [3.05, 3.63) is 17.7 Å². The van der Waals surface area contributed by atoms with Crippen LogP contribution >= 0.6 is 0 Å². The van der Waals surface area contributed by atoms with Gasteiger partial charge in [0.15, 0.2) is 11.5 Å². The number of benzene rings is 1. The van der Waals surface area contributed by atoms with Gasteiger partial charge in [0.1, 0.15) is 5.60 Å². The number of piperidine rings is 1. The molecule has 1 aliphatic heterocycles. The number of alkyl carbamates (subject to hydrolysis) is 1. The predicted octanol–water partition coefficient (Wildman–Crippen LogP) is 2.21. The molecule has 0 saturated carbocycles. The van der Waals surface area contributed by atoms with Gasteiger partial charge in [0.2, 0.25) is 11.7 Å². The quantitative estimate of drug-likeness (QED) is 0.605. The molecule has 0 spiro atoms. The van der Waals surface area contributed by atoms with Crippen LogP contribution < -0.4 is 24.8 Å². The van der Waals surface area contributed by atoms with E-state index in [1.807, 2.05) is 0 Å². The standard InChI is InChI=1S/C23H35N3O7/c1-23(2,3)33-22(29)25-14-19(27)24-13-15-7-9-26(10-8-15)21(28)16-11-17(30-4)20(32-6)18(12-16)31-5/h11-12,15H,7-10,13-14H2,1-6H3,(H,24,27)(H,25,29). The number of hydrogen-bond acceptors (Lipinski definition) is 7. The molecule has 33 heavy (non-hydrogen) atoms. The summed E-state index contributed by atoms with van der Waals surface area (Å²) in [6.07, 6.45) is 0.891. The highest BCUT2D eigenvalue weighted by Gasteiger charge is 2.26. The summed E-state index contributed by atoms with van der Waals surface area (Å²) in [5.41, 5.74) is -0.155. The maximum absolute atomic E-state index is 13.0. The molecule has 2 N–H and O–H groups in total. The van der Waals surface area contributed by atoms with Gasteiger partial charge in [-0.2, -0.15) is 0 Å². The number of rotatable bonds is 8. The maximum atomic E-state index is 13.0. The average molecular weight is 466 g/mol. The molecule has 184 valence electrons. The summed E-state index contributed by atoms with van der Waals surface area (Å²) in [5.74, 6) is 1.15. The number of nitrogens with zero attached hydrogens (tertiary/aromatic N) is 1. The van der Waals surface area contributed by atoms with E-state index in [4.69, 9.17) is 18.9 Å². The van der Waals surface area contributed by atoms with Gasteiger partial charge in [-0.25, -0.2) is 4.79 Å². The third-order valence-corrected chi connectivity index (χ3v) is 5.19. The monoisotopic (exact) mass is 465 g/mol. The van der Waals surface area contributed by atoms with Crippen LogP contribution in [-0.4, -0.2) is 75.9 Å². The number of methoxy groups -OCH3 is 3. The maximum Gasteiger partial charge on any atom is 0.408 e. The molecule has 1 heterocycles. The minimum atomic E-state index is -0.628. The molecule has 10 nitrogen and oxygen atoms in total. The van der Waals surface area contributed by atoms with E-state index >= 15 is 0 Å². The second kappa shape index (κ2) is 11.6. The lowest BCUT2D eigenvalue weighted by molar-refractivity contribution is -0.120. The van der Waals surface area contributed by atoms with Crippen LogP contribution in [0.1, 0.15) is 44.0 Å². The van der Waals surface area contributed by atoms with Gasteiger partial charge in [-0.05, 0) is 51.7 Å². The van der Waals surface area contributed by atoms with Crippen molar-refractivity contribution in [2.24, 2.45) is 5.92 Å². The van der Waals surface area contributed by atoms with Gasteiger partial charge in [-0.1, -0.05) is 0 Å². The van der Waals surface area contributed by atoms with Crippen molar-refractivity contribution < 1.29 is 33.3 Å². The van der Waals surface area contributed by atoms with Crippen molar-refractivity contribution in [3.8, 4) is 17.2 Å². The molecule has 1 aliphatic rings. The largest absolute Gasteiger partial charge is 0.493 e. The zero-order chi connectivity index (χ0) is 24.6. The Balaban J connectivity index is 1.82. The first kappa shape index (κ1) is 26.1. The van der Waals surface area contributed by atoms with Gasteiger partial charge >= 0.3 is 6.09 Å². The highest BCUT2D eigenvalue weighted by molar-refractivity contribution is 5.95. The first-order chi connectivity index (χ1) is 15.6. The Labute approximate surface area is 194 Å². The molecule has 0 bridgehead atoms. The first-order valence-corrected chi connectivity index (χ1v) is 10.9. The highest BCUT2D eigenvalue weighted by Crippen LogP contribution is 2.38. The first-order valence-electron chi connectivity index (χ1n) is 10.9. The summed E-state index contributed by atoms with van der Waals surface area (Å²) < 4.78 is 21.1. The molecule has 10 heteroatoms. The number of ether oxygens (including phenoxy) is 4. The van der Waals surface area contributed by atoms with Gasteiger partial charge in [-0.15, -0.1) is 0 Å². The van der Waals surface area contributed by atoms with E-state index in [-0.39, 0.29) is 24.3 Å². The molecule has 0 aromatic heterocycles. The third-order valence-electron chi connectivity index (χ3n) is 5.19. The second-order valence-electron chi connectivity index (χ2n) is 8.81. The smallest absolute Gasteiger partial charge is 0.408 e. The molecule has 0 aliphatic carbocycles. The van der Waals surface area contributed by atoms with E-state index in [0.29, 0.717) is 42.4 Å². The Bertz CT molecular complexity index is 818. The summed E-state index contributed by atoms with van der Waals surface area (Å²) in [5, 5.41) is 5.27. The van der Waals surface area contributed by atoms with Gasteiger partial charge in [0.05, 0.1) is 27.9 Å². The van der Waals surface area contributed by atoms with Crippen molar-refractivity contribution in [1.29, 1.82) is 0 Å². The normalized spacial score (nSPS) is 14.3. The van der Waals surface area contributed by atoms with E-state index in [1.165, 1.54) is 21.3 Å². The van der Waals surface area contributed by atoms with Gasteiger partial charge in [0, 0.05) is 25.2 Å². The van der Waals surface area contributed by atoms with E-state index in [9.17, 15) is 14.4 Å². The Kier molecular flexibility index (Phi) is 9.19. The molecule has 1 aromatic rings. The minimum absolute atomic E-state index is 0.113. The number of amides is 3. The zero-order valence-corrected chi connectivity index (χ0v) is 20.3. The van der Waals surface area contributed by atoms with Crippen LogP contribution in [-0.2, 0) is 9.53 Å². The topological polar surface area (TPSA) is 115 Å². The van der Waals surface area contributed by atoms with Crippen molar-refractivity contribution in [3.63, 3.8) is 0 Å². The average Bonchev–Trinajstić information content (AvgIpc) is 2.79. The fourth-order valence-electron chi connectivity index (χ4n) is 3.51. The van der Waals surface area contributed by atoms with Crippen LogP contribution in [0.2, 0.25) is 0 Å². The van der Waals surface area contributed by atoms with Gasteiger partial charge in [0.25, 0.3) is 5.91 Å². The molecule has 1 aromatic carbocycles. The number of carbonyl (C=O) groups is 3. The lowest BCUT2D eigenvalue weighted by atomic mass is 9.96. The molecule has 1 saturated heterocycles. The molecule has 3 amide bonds. The van der Waals surface area contributed by atoms with E-state index < -0.39 is 11.7 Å². The number of nitrogens with one attached hydrogen (secondary N) is 2. The lowest BCUT2D eigenvalue weighted by Crippen LogP contribution is -2.44. The van der Waals surface area contributed by atoms with Crippen LogP contribution in [0.3, 0.4) is 0 Å². The van der Waals surface area contributed by atoms with E-state index in [1.54, 1.807) is 37.8 Å². The van der Waals surface area contributed by atoms with Crippen molar-refractivity contribution in [2.75, 3.05) is 47.5 Å². The Morgan fingerprint density at radius 1 is 0.970 bits per heavy atom. The van der Waals surface area contributed by atoms with Crippen LogP contribution in [0.25, 0.3) is 0 Å². The SMILES string of the molecule is COc1cc(C(=O)N2CCC(CNC(=O)CNC(=O)OC(C)(C)C)CC2)cc(OC)c1OC. The summed E-state index contributed by atoms with van der Waals surface area (Å²) in [6.45, 7) is 6.76. The molecule has 0 radical (unpaired) electrons. The molecule has 1 fully saturated rings. The molecular weight excluding hydrogens is 430 g/mol. The fourth-order valence-corrected chi connectivity index (χ4v) is 3.51. The zero-order valence-electron chi connectivity index (χ0n) is 20.3. The van der Waals surface area contributed by atoms with Crippen molar-refractivity contribution in [2.45, 2.75) is 39.2 Å². The van der Waals surface area contributed by atoms with Crippen LogP contribution in [0.4, 0.5) is 4.79 Å². The summed E-state index contributed by atoms with van der Waals surface area (Å²) in [7, 11) is 4.53. The van der Waals surface area contributed by atoms with Crippen LogP contribution in [0.15, 0.2) is 12.1 Å². The number of carbonyl (C=O) groups excluding carboxylic acids is 3. The summed E-state index contributed by atoms with van der Waals surface area (Å²) in [4.78, 5) is 38.4. The van der Waals surface area contributed by atoms with E-state index in [0.717, 1.165) is 12.8 Å². The summed E-state index contributed by atoms with van der Waals surface area (Å²) >= 11 is 0. The minimum Gasteiger partial charge on any atom is -0.493 e. The lowest BCUT2D eigenvalue weighted by Gasteiger charge is -2.32. The van der Waals surface area contributed by atoms with Crippen molar-refractivity contribution in [1.82, 2.24) is 15.5 Å². The Morgan fingerprint density at radius 2 is 1.55 bits per heavy atom. The van der Waals surface area contributed by atoms with Gasteiger partial charge in [-0.3, -0.25) is 9.59 Å². The van der Waals surface area contributed by atoms with Crippen LogP contribution in [0.5, 0.6) is 17.2 Å². The van der Waals surface area contributed by atoms with Gasteiger partial charge < -0.3 is 34.5 Å². The molecule has 2 rings (SSSR count). The highest BCUT2D eigenvalue weighted by atomic mass is 16.6. The number of likely N-dealkylation sites (tertiary alicyclic amines) is 1. The molecular formula is C23H35N3O7.